The van der Waals surface area contributed by atoms with Crippen LogP contribution in [0.25, 0.3) is 0 Å². The topological polar surface area (TPSA) is 55.1 Å². The van der Waals surface area contributed by atoms with Crippen molar-refractivity contribution < 1.29 is 4.79 Å². The van der Waals surface area contributed by atoms with Gasteiger partial charge in [0.1, 0.15) is 0 Å². The van der Waals surface area contributed by atoms with Crippen LogP contribution in [0.2, 0.25) is 0 Å². The van der Waals surface area contributed by atoms with Gasteiger partial charge >= 0.3 is 0 Å². The van der Waals surface area contributed by atoms with Crippen LogP contribution in [0.3, 0.4) is 0 Å². The second-order valence-corrected chi connectivity index (χ2v) is 11.0. The highest BCUT2D eigenvalue weighted by Gasteiger charge is 2.75. The molecular formula is C25H36N2O. The first-order valence-electron chi connectivity index (χ1n) is 11.5. The van der Waals surface area contributed by atoms with E-state index < -0.39 is 0 Å². The molecule has 0 aromatic heterocycles. The maximum absolute atomic E-state index is 13.9. The first-order chi connectivity index (χ1) is 13.4. The number of amides is 1. The SMILES string of the molecule is CC(C)C12CC3CC(c4ccccc4)(CC1(C(=O)NC1CCC(N)CC1)C3)C2. The number of benzene rings is 1. The van der Waals surface area contributed by atoms with Gasteiger partial charge in [-0.05, 0) is 86.0 Å². The van der Waals surface area contributed by atoms with Crippen LogP contribution in [-0.4, -0.2) is 18.0 Å². The van der Waals surface area contributed by atoms with E-state index in [1.165, 1.54) is 24.8 Å². The molecule has 5 fully saturated rings. The van der Waals surface area contributed by atoms with Gasteiger partial charge in [-0.2, -0.15) is 0 Å². The fraction of sp³-hybridized carbons (Fsp3) is 0.720. The lowest BCUT2D eigenvalue weighted by Crippen LogP contribution is -2.52. The Balaban J connectivity index is 1.48. The van der Waals surface area contributed by atoms with Gasteiger partial charge in [-0.3, -0.25) is 4.79 Å². The third kappa shape index (κ3) is 2.47. The molecule has 5 saturated carbocycles. The Kier molecular flexibility index (Phi) is 4.21. The van der Waals surface area contributed by atoms with E-state index in [1.807, 2.05) is 0 Å². The van der Waals surface area contributed by atoms with E-state index in [0.29, 0.717) is 29.8 Å². The van der Waals surface area contributed by atoms with Crippen molar-refractivity contribution in [1.82, 2.24) is 5.32 Å². The van der Waals surface area contributed by atoms with Crippen LogP contribution >= 0.6 is 0 Å². The summed E-state index contributed by atoms with van der Waals surface area (Å²) in [6, 6.07) is 11.8. The minimum atomic E-state index is -0.167. The Morgan fingerprint density at radius 3 is 2.43 bits per heavy atom. The van der Waals surface area contributed by atoms with Crippen molar-refractivity contribution in [2.45, 2.75) is 89.1 Å². The van der Waals surface area contributed by atoms with Gasteiger partial charge in [0.15, 0.2) is 0 Å². The second-order valence-electron chi connectivity index (χ2n) is 11.0. The highest BCUT2D eigenvalue weighted by atomic mass is 16.2. The van der Waals surface area contributed by atoms with E-state index in [0.717, 1.165) is 38.5 Å². The molecule has 3 heteroatoms. The highest BCUT2D eigenvalue weighted by Crippen LogP contribution is 2.78. The lowest BCUT2D eigenvalue weighted by atomic mass is 9.60. The molecule has 3 N–H and O–H groups in total. The van der Waals surface area contributed by atoms with Gasteiger partial charge in [0.25, 0.3) is 0 Å². The fourth-order valence-corrected chi connectivity index (χ4v) is 8.15. The van der Waals surface area contributed by atoms with E-state index in [-0.39, 0.29) is 16.2 Å². The summed E-state index contributed by atoms with van der Waals surface area (Å²) in [6.07, 6.45) is 10.1. The number of carbonyl (C=O) groups is 1. The van der Waals surface area contributed by atoms with Crippen LogP contribution in [0.15, 0.2) is 30.3 Å². The molecule has 28 heavy (non-hydrogen) atoms. The molecule has 3 nitrogen and oxygen atoms in total. The molecular weight excluding hydrogens is 344 g/mol. The van der Waals surface area contributed by atoms with Gasteiger partial charge in [0.2, 0.25) is 5.91 Å². The number of nitrogens with one attached hydrogen (secondary N) is 1. The predicted octanol–water partition coefficient (Wildman–Crippen LogP) is 4.55. The van der Waals surface area contributed by atoms with E-state index in [2.05, 4.69) is 49.5 Å². The van der Waals surface area contributed by atoms with Gasteiger partial charge in [0.05, 0.1) is 5.41 Å². The van der Waals surface area contributed by atoms with Crippen molar-refractivity contribution in [2.24, 2.45) is 28.4 Å². The van der Waals surface area contributed by atoms with Crippen LogP contribution in [0.1, 0.15) is 77.2 Å². The Hall–Kier alpha value is -1.35. The minimum absolute atomic E-state index is 0.167. The maximum Gasteiger partial charge on any atom is 0.227 e. The van der Waals surface area contributed by atoms with Crippen molar-refractivity contribution >= 4 is 5.91 Å². The van der Waals surface area contributed by atoms with Crippen molar-refractivity contribution in [2.75, 3.05) is 0 Å². The standard InChI is InChI=1S/C25H36N2O/c1-17(2)24-13-18-12-23(15-24,19-6-4-3-5-7-19)16-25(24,14-18)22(28)27-21-10-8-20(26)9-11-21/h3-7,17-18,20-21H,8-16,26H2,1-2H3,(H,27,28). The largest absolute Gasteiger partial charge is 0.353 e. The molecule has 0 heterocycles. The number of rotatable bonds is 4. The predicted molar refractivity (Wildman–Crippen MR) is 113 cm³/mol. The molecule has 0 radical (unpaired) electrons. The molecule has 0 saturated heterocycles. The second kappa shape index (κ2) is 6.32. The van der Waals surface area contributed by atoms with Crippen LogP contribution in [-0.2, 0) is 10.2 Å². The van der Waals surface area contributed by atoms with Crippen LogP contribution < -0.4 is 11.1 Å². The number of hydrogen-bond acceptors (Lipinski definition) is 2. The van der Waals surface area contributed by atoms with Crippen molar-refractivity contribution in [3.05, 3.63) is 35.9 Å². The monoisotopic (exact) mass is 380 g/mol. The summed E-state index contributed by atoms with van der Waals surface area (Å²) in [4.78, 5) is 13.9. The summed E-state index contributed by atoms with van der Waals surface area (Å²) in [5, 5.41) is 3.54. The third-order valence-electron chi connectivity index (χ3n) is 9.25. The van der Waals surface area contributed by atoms with E-state index >= 15 is 0 Å². The molecule has 1 aromatic rings. The Morgan fingerprint density at radius 2 is 1.75 bits per heavy atom. The molecule has 5 aliphatic rings. The van der Waals surface area contributed by atoms with E-state index in [1.54, 1.807) is 0 Å². The molecule has 0 spiro atoms. The number of carbonyl (C=O) groups excluding carboxylic acids is 1. The van der Waals surface area contributed by atoms with Gasteiger partial charge in [-0.1, -0.05) is 44.2 Å². The van der Waals surface area contributed by atoms with E-state index in [4.69, 9.17) is 5.73 Å². The zero-order valence-corrected chi connectivity index (χ0v) is 17.5. The van der Waals surface area contributed by atoms with Gasteiger partial charge in [-0.15, -0.1) is 0 Å². The summed E-state index contributed by atoms with van der Waals surface area (Å²) in [5.41, 5.74) is 7.77. The van der Waals surface area contributed by atoms with E-state index in [9.17, 15) is 4.79 Å². The van der Waals surface area contributed by atoms with Gasteiger partial charge in [0, 0.05) is 12.1 Å². The van der Waals surface area contributed by atoms with Crippen molar-refractivity contribution in [1.29, 1.82) is 0 Å². The van der Waals surface area contributed by atoms with Crippen molar-refractivity contribution in [3.8, 4) is 0 Å². The zero-order chi connectivity index (χ0) is 19.6. The summed E-state index contributed by atoms with van der Waals surface area (Å²) in [7, 11) is 0. The first kappa shape index (κ1) is 18.7. The minimum Gasteiger partial charge on any atom is -0.353 e. The fourth-order valence-electron chi connectivity index (χ4n) is 8.15. The first-order valence-corrected chi connectivity index (χ1v) is 11.5. The average Bonchev–Trinajstić information content (AvgIpc) is 3.05. The average molecular weight is 381 g/mol. The van der Waals surface area contributed by atoms with Gasteiger partial charge < -0.3 is 11.1 Å². The third-order valence-corrected chi connectivity index (χ3v) is 9.25. The quantitative estimate of drug-likeness (QED) is 0.805. The highest BCUT2D eigenvalue weighted by molar-refractivity contribution is 5.86. The van der Waals surface area contributed by atoms with Gasteiger partial charge in [-0.25, -0.2) is 0 Å². The molecule has 1 aromatic carbocycles. The normalized spacial score (nSPS) is 44.2. The molecule has 5 aliphatic carbocycles. The molecule has 4 bridgehead atoms. The molecule has 4 unspecified atom stereocenters. The summed E-state index contributed by atoms with van der Waals surface area (Å²) < 4.78 is 0. The molecule has 4 atom stereocenters. The Bertz CT molecular complexity index is 753. The number of nitrogens with two attached hydrogens (primary N) is 1. The Labute approximate surface area is 169 Å². The van der Waals surface area contributed by atoms with Crippen LogP contribution in [0, 0.1) is 22.7 Å². The maximum atomic E-state index is 13.9. The smallest absolute Gasteiger partial charge is 0.227 e. The van der Waals surface area contributed by atoms with Crippen LogP contribution in [0.4, 0.5) is 0 Å². The van der Waals surface area contributed by atoms with Crippen LogP contribution in [0.5, 0.6) is 0 Å². The zero-order valence-electron chi connectivity index (χ0n) is 17.5. The molecule has 1 amide bonds. The summed E-state index contributed by atoms with van der Waals surface area (Å²) in [5.74, 6) is 1.63. The lowest BCUT2D eigenvalue weighted by molar-refractivity contribution is -0.139. The van der Waals surface area contributed by atoms with Crippen molar-refractivity contribution in [3.63, 3.8) is 0 Å². The summed E-state index contributed by atoms with van der Waals surface area (Å²) >= 11 is 0. The molecule has 0 aliphatic heterocycles. The lowest BCUT2D eigenvalue weighted by Gasteiger charge is -2.44. The molecule has 152 valence electrons. The summed E-state index contributed by atoms with van der Waals surface area (Å²) in [6.45, 7) is 4.74. The Morgan fingerprint density at radius 1 is 1.04 bits per heavy atom. The molecule has 6 rings (SSSR count). The number of hydrogen-bond donors (Lipinski definition) is 2.